The number of carboxylic acids is 1. The minimum Gasteiger partial charge on any atom is -0.478 e. The number of hydrogen-bond donors (Lipinski definition) is 2. The van der Waals surface area contributed by atoms with Gasteiger partial charge in [-0.25, -0.2) is 4.79 Å². The summed E-state index contributed by atoms with van der Waals surface area (Å²) >= 11 is 0. The molecule has 1 heterocycles. The number of carbonyl (C=O) groups excluding carboxylic acids is 2. The average molecular weight is 320 g/mol. The van der Waals surface area contributed by atoms with Crippen LogP contribution in [0.2, 0.25) is 0 Å². The van der Waals surface area contributed by atoms with Crippen molar-refractivity contribution in [2.75, 3.05) is 0 Å². The number of ketones is 1. The van der Waals surface area contributed by atoms with Crippen LogP contribution in [0.4, 0.5) is 13.2 Å². The quantitative estimate of drug-likeness (QED) is 0.651. The molecular weight excluding hydrogens is 305 g/mol. The van der Waals surface area contributed by atoms with Crippen molar-refractivity contribution >= 4 is 17.7 Å². The molecule has 0 aliphatic carbocycles. The van der Waals surface area contributed by atoms with Gasteiger partial charge < -0.3 is 15.0 Å². The number of alkyl halides is 3. The van der Waals surface area contributed by atoms with Gasteiger partial charge in [-0.15, -0.1) is 0 Å². The van der Waals surface area contributed by atoms with Crippen LogP contribution >= 0.6 is 0 Å². The SMILES string of the molecule is Cc1c(C(=O)O)c(C)n(C)c1C(=O)C(=O)NC(C)C(F)(F)F. The van der Waals surface area contributed by atoms with Crippen molar-refractivity contribution in [3.05, 3.63) is 22.5 Å². The largest absolute Gasteiger partial charge is 0.478 e. The van der Waals surface area contributed by atoms with Gasteiger partial charge in [0.1, 0.15) is 6.04 Å². The number of aromatic nitrogens is 1. The molecule has 2 N–H and O–H groups in total. The van der Waals surface area contributed by atoms with E-state index in [1.807, 2.05) is 0 Å². The lowest BCUT2D eigenvalue weighted by Gasteiger charge is -2.16. The monoisotopic (exact) mass is 320 g/mol. The number of hydrogen-bond acceptors (Lipinski definition) is 3. The summed E-state index contributed by atoms with van der Waals surface area (Å²) < 4.78 is 38.4. The van der Waals surface area contributed by atoms with E-state index in [4.69, 9.17) is 5.11 Å². The normalized spacial score (nSPS) is 12.9. The van der Waals surface area contributed by atoms with Gasteiger partial charge in [-0.3, -0.25) is 9.59 Å². The van der Waals surface area contributed by atoms with E-state index in [9.17, 15) is 27.6 Å². The van der Waals surface area contributed by atoms with Crippen LogP contribution in [0.15, 0.2) is 0 Å². The van der Waals surface area contributed by atoms with E-state index >= 15 is 0 Å². The third-order valence-electron chi connectivity index (χ3n) is 3.40. The number of nitrogens with one attached hydrogen (secondary N) is 1. The molecule has 0 radical (unpaired) electrons. The predicted octanol–water partition coefficient (Wildman–Crippen LogP) is 1.59. The first-order valence-electron chi connectivity index (χ1n) is 6.20. The Morgan fingerprint density at radius 1 is 1.23 bits per heavy atom. The van der Waals surface area contributed by atoms with Gasteiger partial charge in [-0.2, -0.15) is 13.2 Å². The van der Waals surface area contributed by atoms with Crippen LogP contribution in [-0.2, 0) is 11.8 Å². The molecule has 1 atom stereocenters. The Bertz CT molecular complexity index is 647. The van der Waals surface area contributed by atoms with Crippen molar-refractivity contribution in [3.63, 3.8) is 0 Å². The van der Waals surface area contributed by atoms with E-state index in [-0.39, 0.29) is 22.5 Å². The van der Waals surface area contributed by atoms with E-state index in [2.05, 4.69) is 0 Å². The molecule has 0 aliphatic rings. The van der Waals surface area contributed by atoms with Crippen LogP contribution < -0.4 is 5.32 Å². The first-order chi connectivity index (χ1) is 9.89. The maximum atomic E-state index is 12.4. The summed E-state index contributed by atoms with van der Waals surface area (Å²) in [4.78, 5) is 34.9. The van der Waals surface area contributed by atoms with Crippen LogP contribution in [0.25, 0.3) is 0 Å². The molecule has 122 valence electrons. The molecule has 1 amide bonds. The summed E-state index contributed by atoms with van der Waals surface area (Å²) in [5.74, 6) is -3.94. The molecule has 22 heavy (non-hydrogen) atoms. The van der Waals surface area contributed by atoms with E-state index in [1.165, 1.54) is 25.5 Å². The lowest BCUT2D eigenvalue weighted by molar-refractivity contribution is -0.156. The number of halogens is 3. The highest BCUT2D eigenvalue weighted by Crippen LogP contribution is 2.23. The Morgan fingerprint density at radius 3 is 2.09 bits per heavy atom. The minimum atomic E-state index is -4.68. The number of rotatable bonds is 4. The number of carbonyl (C=O) groups is 3. The Morgan fingerprint density at radius 2 is 1.73 bits per heavy atom. The van der Waals surface area contributed by atoms with Gasteiger partial charge in [0.05, 0.1) is 11.3 Å². The molecule has 0 bridgehead atoms. The second-order valence-electron chi connectivity index (χ2n) is 4.86. The standard InChI is InChI=1S/C13H15F3N2O4/c1-5-8(12(21)22)6(2)18(4)9(5)10(19)11(20)17-7(3)13(14,15)16/h7H,1-4H3,(H,17,20)(H,21,22). The smallest absolute Gasteiger partial charge is 0.408 e. The zero-order chi connectivity index (χ0) is 17.4. The molecule has 6 nitrogen and oxygen atoms in total. The Kier molecular flexibility index (Phi) is 4.69. The van der Waals surface area contributed by atoms with Gasteiger partial charge in [-0.1, -0.05) is 0 Å². The molecule has 1 aromatic heterocycles. The van der Waals surface area contributed by atoms with Crippen molar-refractivity contribution in [3.8, 4) is 0 Å². The van der Waals surface area contributed by atoms with E-state index in [0.29, 0.717) is 6.92 Å². The number of Topliss-reactive ketones (excluding diaryl/α,β-unsaturated/α-hetero) is 1. The van der Waals surface area contributed by atoms with Gasteiger partial charge in [0, 0.05) is 12.7 Å². The molecular formula is C13H15F3N2O4. The van der Waals surface area contributed by atoms with Gasteiger partial charge in [-0.05, 0) is 26.3 Å². The van der Waals surface area contributed by atoms with Crippen LogP contribution in [0.1, 0.15) is 39.0 Å². The maximum absolute atomic E-state index is 12.4. The Labute approximate surface area is 123 Å². The summed E-state index contributed by atoms with van der Waals surface area (Å²) in [6.45, 7) is 3.46. The van der Waals surface area contributed by atoms with Crippen LogP contribution in [0.3, 0.4) is 0 Å². The van der Waals surface area contributed by atoms with Crippen molar-refractivity contribution < 1.29 is 32.7 Å². The summed E-state index contributed by atoms with van der Waals surface area (Å²) in [6, 6.07) is -2.19. The highest BCUT2D eigenvalue weighted by molar-refractivity contribution is 6.43. The third kappa shape index (κ3) is 3.12. The highest BCUT2D eigenvalue weighted by Gasteiger charge is 2.39. The van der Waals surface area contributed by atoms with E-state index in [1.54, 1.807) is 5.32 Å². The highest BCUT2D eigenvalue weighted by atomic mass is 19.4. The van der Waals surface area contributed by atoms with Crippen LogP contribution in [0, 0.1) is 13.8 Å². The predicted molar refractivity (Wildman–Crippen MR) is 69.8 cm³/mol. The second-order valence-corrected chi connectivity index (χ2v) is 4.86. The first kappa shape index (κ1) is 17.7. The topological polar surface area (TPSA) is 88.4 Å². The first-order valence-corrected chi connectivity index (χ1v) is 6.20. The molecule has 0 fully saturated rings. The molecule has 0 saturated heterocycles. The molecule has 9 heteroatoms. The van der Waals surface area contributed by atoms with Gasteiger partial charge >= 0.3 is 12.1 Å². The summed E-state index contributed by atoms with van der Waals surface area (Å²) in [7, 11) is 1.36. The number of aromatic carboxylic acids is 1. The minimum absolute atomic E-state index is 0.0345. The maximum Gasteiger partial charge on any atom is 0.408 e. The fraction of sp³-hybridized carbons (Fsp3) is 0.462. The fourth-order valence-electron chi connectivity index (χ4n) is 2.07. The lowest BCUT2D eigenvalue weighted by Crippen LogP contribution is -2.46. The Hall–Kier alpha value is -2.32. The number of nitrogens with zero attached hydrogens (tertiary/aromatic N) is 1. The van der Waals surface area contributed by atoms with Crippen molar-refractivity contribution in [2.45, 2.75) is 33.0 Å². The van der Waals surface area contributed by atoms with E-state index in [0.717, 1.165) is 0 Å². The molecule has 1 rings (SSSR count). The number of amides is 1. The van der Waals surface area contributed by atoms with Gasteiger partial charge in [0.15, 0.2) is 0 Å². The van der Waals surface area contributed by atoms with Crippen LogP contribution in [-0.4, -0.2) is 39.6 Å². The van der Waals surface area contributed by atoms with Gasteiger partial charge in [0.2, 0.25) is 0 Å². The van der Waals surface area contributed by atoms with E-state index < -0.39 is 29.9 Å². The molecule has 0 saturated carbocycles. The fourth-order valence-corrected chi connectivity index (χ4v) is 2.07. The zero-order valence-corrected chi connectivity index (χ0v) is 12.3. The molecule has 0 spiro atoms. The van der Waals surface area contributed by atoms with Crippen molar-refractivity contribution in [2.24, 2.45) is 7.05 Å². The summed E-state index contributed by atoms with van der Waals surface area (Å²) in [6.07, 6.45) is -4.68. The second kappa shape index (κ2) is 5.82. The van der Waals surface area contributed by atoms with Gasteiger partial charge in [0.25, 0.3) is 11.7 Å². The molecule has 1 aromatic rings. The molecule has 1 unspecified atom stereocenters. The van der Waals surface area contributed by atoms with Crippen molar-refractivity contribution in [1.29, 1.82) is 0 Å². The molecule has 0 aliphatic heterocycles. The summed E-state index contributed by atoms with van der Waals surface area (Å²) in [5, 5.41) is 10.6. The molecule has 0 aromatic carbocycles. The van der Waals surface area contributed by atoms with Crippen molar-refractivity contribution in [1.82, 2.24) is 9.88 Å². The summed E-state index contributed by atoms with van der Waals surface area (Å²) in [5.41, 5.74) is -0.137. The average Bonchev–Trinajstić information content (AvgIpc) is 2.58. The Balaban J connectivity index is 3.17. The number of carboxylic acid groups (broad SMARTS) is 1. The lowest BCUT2D eigenvalue weighted by atomic mass is 10.1. The third-order valence-corrected chi connectivity index (χ3v) is 3.40. The zero-order valence-electron chi connectivity index (χ0n) is 12.3. The van der Waals surface area contributed by atoms with Crippen LogP contribution in [0.5, 0.6) is 0 Å².